The summed E-state index contributed by atoms with van der Waals surface area (Å²) in [6.07, 6.45) is 5.08. The Balaban J connectivity index is 1.38. The summed E-state index contributed by atoms with van der Waals surface area (Å²) in [6, 6.07) is 14.8. The van der Waals surface area contributed by atoms with Crippen molar-refractivity contribution < 1.29 is 21.9 Å². The van der Waals surface area contributed by atoms with E-state index in [0.717, 1.165) is 38.1 Å². The summed E-state index contributed by atoms with van der Waals surface area (Å²) >= 11 is 0. The normalized spacial score (nSPS) is 15.6. The number of hydrogen-bond acceptors (Lipinski definition) is 8. The molecule has 3 heterocycles. The van der Waals surface area contributed by atoms with Crippen LogP contribution in [0, 0.1) is 11.6 Å². The second-order valence-corrected chi connectivity index (χ2v) is 10.3. The van der Waals surface area contributed by atoms with Gasteiger partial charge in [-0.3, -0.25) is 4.72 Å². The molecular formula is C26H24F2N6O3S. The third kappa shape index (κ3) is 5.71. The van der Waals surface area contributed by atoms with Crippen molar-refractivity contribution in [2.45, 2.75) is 23.8 Å². The van der Waals surface area contributed by atoms with Gasteiger partial charge in [0, 0.05) is 25.0 Å². The molecule has 0 bridgehead atoms. The van der Waals surface area contributed by atoms with Gasteiger partial charge < -0.3 is 15.4 Å². The minimum atomic E-state index is -4.12. The maximum Gasteiger partial charge on any atom is 0.261 e. The number of piperidine rings is 1. The van der Waals surface area contributed by atoms with Crippen molar-refractivity contribution in [1.82, 2.24) is 20.3 Å². The van der Waals surface area contributed by atoms with Crippen LogP contribution in [0.5, 0.6) is 11.6 Å². The van der Waals surface area contributed by atoms with Gasteiger partial charge in [-0.1, -0.05) is 18.2 Å². The molecule has 0 aliphatic carbocycles. The SMILES string of the molecule is O=S(=O)(Nc1ccc(Oc2ncccc2-c2ccnc(NC3CCCNC3)n2)c(F)c1F)c1ccccc1. The molecule has 1 aliphatic heterocycles. The van der Waals surface area contributed by atoms with Gasteiger partial charge in [-0.2, -0.15) is 4.39 Å². The molecule has 3 N–H and O–H groups in total. The monoisotopic (exact) mass is 538 g/mol. The standard InChI is InChI=1S/C26H24F2N6O3S/c27-23-21(34-38(35,36)18-7-2-1-3-8-18)10-11-22(24(23)28)37-25-19(9-5-14-30-25)20-12-15-31-26(33-20)32-17-6-4-13-29-16-17/h1-3,5,7-12,14-15,17,29,34H,4,6,13,16H2,(H,31,32,33). The van der Waals surface area contributed by atoms with Crippen LogP contribution < -0.4 is 20.1 Å². The van der Waals surface area contributed by atoms with Crippen molar-refractivity contribution in [1.29, 1.82) is 0 Å². The van der Waals surface area contributed by atoms with Crippen molar-refractivity contribution in [3.8, 4) is 22.9 Å². The van der Waals surface area contributed by atoms with Crippen LogP contribution in [0.1, 0.15) is 12.8 Å². The smallest absolute Gasteiger partial charge is 0.261 e. The number of anilines is 2. The van der Waals surface area contributed by atoms with Gasteiger partial charge in [0.05, 0.1) is 21.8 Å². The molecule has 0 spiro atoms. The van der Waals surface area contributed by atoms with Gasteiger partial charge in [0.25, 0.3) is 10.0 Å². The summed E-state index contributed by atoms with van der Waals surface area (Å²) in [5, 5.41) is 6.62. The summed E-state index contributed by atoms with van der Waals surface area (Å²) in [6.45, 7) is 1.78. The van der Waals surface area contributed by atoms with Gasteiger partial charge in [-0.05, 0) is 61.9 Å². The Morgan fingerprint density at radius 2 is 1.79 bits per heavy atom. The molecule has 12 heteroatoms. The highest BCUT2D eigenvalue weighted by molar-refractivity contribution is 7.92. The molecule has 2 aromatic carbocycles. The Bertz CT molecular complexity index is 1530. The van der Waals surface area contributed by atoms with E-state index in [1.54, 1.807) is 30.5 Å². The Kier molecular flexibility index (Phi) is 7.43. The number of hydrogen-bond donors (Lipinski definition) is 3. The summed E-state index contributed by atoms with van der Waals surface area (Å²) in [5.74, 6) is -2.82. The number of nitrogens with one attached hydrogen (secondary N) is 3. The van der Waals surface area contributed by atoms with Gasteiger partial charge in [0.15, 0.2) is 11.6 Å². The summed E-state index contributed by atoms with van der Waals surface area (Å²) < 4.78 is 62.6. The topological polar surface area (TPSA) is 118 Å². The molecule has 2 aromatic heterocycles. The average Bonchev–Trinajstić information content (AvgIpc) is 2.94. The molecule has 0 saturated carbocycles. The molecule has 1 unspecified atom stereocenters. The molecule has 0 radical (unpaired) electrons. The number of benzene rings is 2. The molecule has 1 atom stereocenters. The highest BCUT2D eigenvalue weighted by Gasteiger charge is 2.22. The first kappa shape index (κ1) is 25.5. The van der Waals surface area contributed by atoms with E-state index >= 15 is 0 Å². The lowest BCUT2D eigenvalue weighted by atomic mass is 10.1. The van der Waals surface area contributed by atoms with Crippen LogP contribution in [0.4, 0.5) is 20.4 Å². The van der Waals surface area contributed by atoms with Crippen molar-refractivity contribution in [3.63, 3.8) is 0 Å². The molecular weight excluding hydrogens is 514 g/mol. The van der Waals surface area contributed by atoms with Gasteiger partial charge in [0.1, 0.15) is 0 Å². The van der Waals surface area contributed by atoms with Crippen LogP contribution in [0.3, 0.4) is 0 Å². The van der Waals surface area contributed by atoms with Crippen LogP contribution in [0.15, 0.2) is 78.0 Å². The molecule has 9 nitrogen and oxygen atoms in total. The van der Waals surface area contributed by atoms with E-state index in [1.165, 1.54) is 30.5 Å². The van der Waals surface area contributed by atoms with Crippen LogP contribution in [0.25, 0.3) is 11.3 Å². The molecule has 1 saturated heterocycles. The Morgan fingerprint density at radius 1 is 0.947 bits per heavy atom. The molecule has 0 amide bonds. The molecule has 196 valence electrons. The molecule has 38 heavy (non-hydrogen) atoms. The number of nitrogens with zero attached hydrogens (tertiary/aromatic N) is 3. The quantitative estimate of drug-likeness (QED) is 0.299. The molecule has 1 fully saturated rings. The second kappa shape index (κ2) is 11.1. The first-order valence-electron chi connectivity index (χ1n) is 11.9. The fourth-order valence-electron chi connectivity index (χ4n) is 4.00. The number of pyridine rings is 1. The van der Waals surface area contributed by atoms with E-state index in [9.17, 15) is 17.2 Å². The zero-order valence-electron chi connectivity index (χ0n) is 20.1. The lowest BCUT2D eigenvalue weighted by Crippen LogP contribution is -2.38. The van der Waals surface area contributed by atoms with E-state index in [4.69, 9.17) is 4.74 Å². The van der Waals surface area contributed by atoms with Crippen LogP contribution in [-0.2, 0) is 10.0 Å². The van der Waals surface area contributed by atoms with Crippen molar-refractivity contribution in [2.24, 2.45) is 0 Å². The fraction of sp³-hybridized carbons (Fsp3) is 0.192. The maximum absolute atomic E-state index is 15.0. The summed E-state index contributed by atoms with van der Waals surface area (Å²) in [7, 11) is -4.12. The first-order chi connectivity index (χ1) is 18.4. The number of ether oxygens (including phenoxy) is 1. The largest absolute Gasteiger partial charge is 0.435 e. The first-order valence-corrected chi connectivity index (χ1v) is 13.4. The van der Waals surface area contributed by atoms with Crippen molar-refractivity contribution >= 4 is 21.7 Å². The lowest BCUT2D eigenvalue weighted by molar-refractivity contribution is 0.407. The van der Waals surface area contributed by atoms with Gasteiger partial charge in [-0.25, -0.2) is 27.8 Å². The van der Waals surface area contributed by atoms with Gasteiger partial charge in [0.2, 0.25) is 17.6 Å². The number of halogens is 2. The van der Waals surface area contributed by atoms with Gasteiger partial charge >= 0.3 is 0 Å². The minimum absolute atomic E-state index is 0.00704. The molecule has 1 aliphatic rings. The second-order valence-electron chi connectivity index (χ2n) is 8.57. The third-order valence-corrected chi connectivity index (χ3v) is 7.27. The third-order valence-electron chi connectivity index (χ3n) is 5.88. The fourth-order valence-corrected chi connectivity index (χ4v) is 5.08. The van der Waals surface area contributed by atoms with Crippen LogP contribution >= 0.6 is 0 Å². The van der Waals surface area contributed by atoms with Crippen molar-refractivity contribution in [3.05, 3.63) is 84.7 Å². The number of sulfonamides is 1. The van der Waals surface area contributed by atoms with E-state index in [1.807, 2.05) is 0 Å². The maximum atomic E-state index is 15.0. The lowest BCUT2D eigenvalue weighted by Gasteiger charge is -2.23. The minimum Gasteiger partial charge on any atom is -0.435 e. The average molecular weight is 539 g/mol. The van der Waals surface area contributed by atoms with E-state index in [-0.39, 0.29) is 16.8 Å². The predicted molar refractivity (Wildman–Crippen MR) is 138 cm³/mol. The van der Waals surface area contributed by atoms with Crippen LogP contribution in [0.2, 0.25) is 0 Å². The Morgan fingerprint density at radius 3 is 2.58 bits per heavy atom. The highest BCUT2D eigenvalue weighted by atomic mass is 32.2. The molecule has 4 aromatic rings. The zero-order valence-corrected chi connectivity index (χ0v) is 20.9. The van der Waals surface area contributed by atoms with E-state index in [2.05, 4.69) is 30.3 Å². The van der Waals surface area contributed by atoms with Crippen LogP contribution in [-0.4, -0.2) is 42.5 Å². The predicted octanol–water partition coefficient (Wildman–Crippen LogP) is 4.57. The molecule has 5 rings (SSSR count). The van der Waals surface area contributed by atoms with Gasteiger partial charge in [-0.15, -0.1) is 0 Å². The van der Waals surface area contributed by atoms with E-state index < -0.39 is 33.1 Å². The highest BCUT2D eigenvalue weighted by Crippen LogP contribution is 2.34. The van der Waals surface area contributed by atoms with Crippen molar-refractivity contribution in [2.75, 3.05) is 23.1 Å². The number of aromatic nitrogens is 3. The summed E-state index contributed by atoms with van der Waals surface area (Å²) in [4.78, 5) is 12.9. The summed E-state index contributed by atoms with van der Waals surface area (Å²) in [5.41, 5.74) is 0.361. The zero-order chi connectivity index (χ0) is 26.5. The van der Waals surface area contributed by atoms with E-state index in [0.29, 0.717) is 17.2 Å². The number of rotatable bonds is 8. The Hall–Kier alpha value is -4.16. The Labute approximate surface area is 218 Å².